The van der Waals surface area contributed by atoms with E-state index in [1.54, 1.807) is 7.05 Å². The minimum absolute atomic E-state index is 0.193. The molecule has 0 amide bonds. The zero-order chi connectivity index (χ0) is 25.7. The summed E-state index contributed by atoms with van der Waals surface area (Å²) in [5.74, 6) is -0.156. The number of rotatable bonds is 14. The lowest BCUT2D eigenvalue weighted by Gasteiger charge is -2.25. The molecule has 0 aromatic heterocycles. The zero-order valence-electron chi connectivity index (χ0n) is 21.0. The van der Waals surface area contributed by atoms with Gasteiger partial charge in [0.05, 0.1) is 6.61 Å². The Bertz CT molecular complexity index is 1020. The van der Waals surface area contributed by atoms with Crippen molar-refractivity contribution in [2.24, 2.45) is 22.0 Å². The van der Waals surface area contributed by atoms with Crippen molar-refractivity contribution in [1.82, 2.24) is 5.01 Å². The Labute approximate surface area is 208 Å². The molecule has 0 spiro atoms. The quantitative estimate of drug-likeness (QED) is 0.0912. The molecule has 7 heteroatoms. The first-order valence-electron chi connectivity index (χ1n) is 11.8. The van der Waals surface area contributed by atoms with Gasteiger partial charge in [-0.15, -0.1) is 0 Å². The molecule has 0 saturated heterocycles. The van der Waals surface area contributed by atoms with Gasteiger partial charge in [0.2, 0.25) is 0 Å². The number of hydrogen-bond acceptors (Lipinski definition) is 5. The smallest absolute Gasteiger partial charge is 0.324 e. The highest BCUT2D eigenvalue weighted by Gasteiger charge is 2.23. The number of ether oxygens (including phenoxy) is 1. The van der Waals surface area contributed by atoms with Crippen molar-refractivity contribution in [2.75, 3.05) is 20.2 Å². The summed E-state index contributed by atoms with van der Waals surface area (Å²) in [4.78, 5) is 10.8. The first kappa shape index (κ1) is 27.5. The molecule has 0 aliphatic heterocycles. The normalized spacial score (nSPS) is 12.9. The second-order valence-electron chi connectivity index (χ2n) is 9.15. The van der Waals surface area contributed by atoms with Crippen LogP contribution in [0.1, 0.15) is 44.2 Å². The number of likely N-dealkylation sites (N-methyl/N-ethyl adjacent to an activating group) is 1. The number of hydrazone groups is 1. The van der Waals surface area contributed by atoms with Crippen molar-refractivity contribution in [1.29, 1.82) is 0 Å². The average molecular weight is 479 g/mol. The summed E-state index contributed by atoms with van der Waals surface area (Å²) in [5.41, 5.74) is 15.3. The van der Waals surface area contributed by atoms with E-state index < -0.39 is 5.97 Å². The molecule has 188 valence electrons. The highest BCUT2D eigenvalue weighted by Crippen LogP contribution is 2.24. The molecular formula is C28H38N4O3. The van der Waals surface area contributed by atoms with Crippen molar-refractivity contribution in [2.45, 2.75) is 39.5 Å². The van der Waals surface area contributed by atoms with Crippen LogP contribution < -0.4 is 11.5 Å². The molecule has 2 aromatic carbocycles. The van der Waals surface area contributed by atoms with Crippen LogP contribution in [-0.2, 0) is 16.0 Å². The minimum Gasteiger partial charge on any atom is -0.480 e. The number of nitrogens with two attached hydrogens (primary N) is 2. The topological polar surface area (TPSA) is 114 Å². The fourth-order valence-corrected chi connectivity index (χ4v) is 3.47. The van der Waals surface area contributed by atoms with Crippen LogP contribution in [0.5, 0.6) is 0 Å². The summed E-state index contributed by atoms with van der Waals surface area (Å²) in [6, 6.07) is 20.4. The molecule has 0 radical (unpaired) electrons. The van der Waals surface area contributed by atoms with Gasteiger partial charge in [0.1, 0.15) is 12.4 Å². The lowest BCUT2D eigenvalue weighted by Crippen LogP contribution is -2.35. The van der Waals surface area contributed by atoms with Gasteiger partial charge in [-0.05, 0) is 42.4 Å². The van der Waals surface area contributed by atoms with Crippen LogP contribution in [-0.4, -0.2) is 42.1 Å². The van der Waals surface area contributed by atoms with Crippen molar-refractivity contribution in [3.05, 3.63) is 89.8 Å². The van der Waals surface area contributed by atoms with Gasteiger partial charge in [0.25, 0.3) is 0 Å². The van der Waals surface area contributed by atoms with E-state index in [1.807, 2.05) is 56.3 Å². The maximum Gasteiger partial charge on any atom is 0.324 e. The first-order valence-corrected chi connectivity index (χ1v) is 11.8. The molecule has 0 aliphatic rings. The number of carboxylic acid groups (broad SMARTS) is 1. The standard InChI is InChI=1S/C28H38N4O3/c1-28(2,27(30)31-32(3)21-26(33)34)18-10-11-19-35-25(29)20-24(23-14-8-5-9-15-23)17-16-22-12-6-4-7-13-22/h4-9,12-15,17,20H,10-11,16,18-19,21,29H2,1-3H3,(H2,30,31)(H,33,34)/b24-17+,25-20+. The highest BCUT2D eigenvalue weighted by molar-refractivity contribution is 5.85. The summed E-state index contributed by atoms with van der Waals surface area (Å²) >= 11 is 0. The van der Waals surface area contributed by atoms with Gasteiger partial charge in [0.15, 0.2) is 5.88 Å². The van der Waals surface area contributed by atoms with Gasteiger partial charge in [0, 0.05) is 18.5 Å². The maximum atomic E-state index is 10.8. The van der Waals surface area contributed by atoms with Crippen LogP contribution in [0.4, 0.5) is 0 Å². The van der Waals surface area contributed by atoms with Crippen molar-refractivity contribution in [3.63, 3.8) is 0 Å². The number of carboxylic acids is 1. The highest BCUT2D eigenvalue weighted by atomic mass is 16.5. The van der Waals surface area contributed by atoms with E-state index in [0.717, 1.165) is 36.8 Å². The molecule has 0 heterocycles. The van der Waals surface area contributed by atoms with Gasteiger partial charge >= 0.3 is 5.97 Å². The number of carbonyl (C=O) groups is 1. The van der Waals surface area contributed by atoms with Crippen LogP contribution in [0.15, 0.2) is 83.8 Å². The first-order chi connectivity index (χ1) is 16.7. The number of allylic oxidation sites excluding steroid dienone is 3. The molecule has 2 rings (SSSR count). The van der Waals surface area contributed by atoms with E-state index >= 15 is 0 Å². The molecule has 0 unspecified atom stereocenters. The van der Waals surface area contributed by atoms with E-state index in [-0.39, 0.29) is 12.0 Å². The minimum atomic E-state index is -0.949. The van der Waals surface area contributed by atoms with Crippen LogP contribution in [0.3, 0.4) is 0 Å². The van der Waals surface area contributed by atoms with Crippen LogP contribution in [0, 0.1) is 5.41 Å². The van der Waals surface area contributed by atoms with Crippen molar-refractivity contribution >= 4 is 17.4 Å². The Balaban J connectivity index is 1.90. The molecule has 5 N–H and O–H groups in total. The third kappa shape index (κ3) is 10.4. The largest absolute Gasteiger partial charge is 0.480 e. The van der Waals surface area contributed by atoms with Crippen LogP contribution >= 0.6 is 0 Å². The number of hydrogen-bond donors (Lipinski definition) is 3. The monoisotopic (exact) mass is 478 g/mol. The van der Waals surface area contributed by atoms with Crippen molar-refractivity contribution in [3.8, 4) is 0 Å². The van der Waals surface area contributed by atoms with E-state index in [9.17, 15) is 4.79 Å². The maximum absolute atomic E-state index is 10.8. The molecule has 0 saturated carbocycles. The number of benzene rings is 2. The second-order valence-corrected chi connectivity index (χ2v) is 9.15. The summed E-state index contributed by atoms with van der Waals surface area (Å²) < 4.78 is 5.79. The number of aliphatic carboxylic acids is 1. The predicted molar refractivity (Wildman–Crippen MR) is 142 cm³/mol. The lowest BCUT2D eigenvalue weighted by molar-refractivity contribution is -0.137. The van der Waals surface area contributed by atoms with Gasteiger partial charge in [-0.3, -0.25) is 9.80 Å². The van der Waals surface area contributed by atoms with E-state index in [1.165, 1.54) is 10.6 Å². The third-order valence-electron chi connectivity index (χ3n) is 5.61. The molecular weight excluding hydrogens is 440 g/mol. The van der Waals surface area contributed by atoms with Crippen molar-refractivity contribution < 1.29 is 14.6 Å². The fraction of sp³-hybridized carbons (Fsp3) is 0.357. The molecule has 35 heavy (non-hydrogen) atoms. The Kier molecular flexibility index (Phi) is 10.9. The third-order valence-corrected chi connectivity index (χ3v) is 5.61. The summed E-state index contributed by atoms with van der Waals surface area (Å²) in [5, 5.41) is 14.4. The van der Waals surface area contributed by atoms with E-state index in [0.29, 0.717) is 18.3 Å². The number of amidine groups is 1. The Morgan fingerprint density at radius 2 is 1.69 bits per heavy atom. The van der Waals surface area contributed by atoms with Gasteiger partial charge in [-0.2, -0.15) is 5.10 Å². The molecule has 2 aromatic rings. The molecule has 0 fully saturated rings. The Hall–Kier alpha value is -3.74. The predicted octanol–water partition coefficient (Wildman–Crippen LogP) is 4.61. The Morgan fingerprint density at radius 1 is 1.06 bits per heavy atom. The molecule has 0 aliphatic carbocycles. The number of unbranched alkanes of at least 4 members (excludes halogenated alkanes) is 1. The van der Waals surface area contributed by atoms with Gasteiger partial charge in [-0.25, -0.2) is 0 Å². The second kappa shape index (κ2) is 13.8. The summed E-state index contributed by atoms with van der Waals surface area (Å²) in [6.45, 7) is 4.30. The lowest BCUT2D eigenvalue weighted by atomic mass is 9.86. The van der Waals surface area contributed by atoms with Crippen LogP contribution in [0.2, 0.25) is 0 Å². The summed E-state index contributed by atoms with van der Waals surface area (Å²) in [6.07, 6.45) is 7.31. The SMILES string of the molecule is CN(CC(=O)O)N=C(N)C(C)(C)CCCCO/C(N)=C/C(=C\Cc1ccccc1)c1ccccc1. The average Bonchev–Trinajstić information content (AvgIpc) is 2.82. The number of nitrogens with zero attached hydrogens (tertiary/aromatic N) is 2. The molecule has 7 nitrogen and oxygen atoms in total. The van der Waals surface area contributed by atoms with E-state index in [2.05, 4.69) is 35.4 Å². The zero-order valence-corrected chi connectivity index (χ0v) is 21.0. The van der Waals surface area contributed by atoms with Gasteiger partial charge in [-0.1, -0.05) is 80.6 Å². The van der Waals surface area contributed by atoms with Crippen LogP contribution in [0.25, 0.3) is 5.57 Å². The molecule has 0 bridgehead atoms. The molecule has 0 atom stereocenters. The Morgan fingerprint density at radius 3 is 2.31 bits per heavy atom. The van der Waals surface area contributed by atoms with Gasteiger partial charge < -0.3 is 21.3 Å². The summed E-state index contributed by atoms with van der Waals surface area (Å²) in [7, 11) is 1.60. The fourth-order valence-electron chi connectivity index (χ4n) is 3.47. The van der Waals surface area contributed by atoms with E-state index in [4.69, 9.17) is 21.3 Å².